The summed E-state index contributed by atoms with van der Waals surface area (Å²) in [7, 11) is 0. The maximum atomic E-state index is 12.8. The maximum absolute atomic E-state index is 12.8. The van der Waals surface area contributed by atoms with E-state index in [1.54, 1.807) is 0 Å². The van der Waals surface area contributed by atoms with Crippen LogP contribution in [0.3, 0.4) is 0 Å². The molecule has 0 saturated carbocycles. The van der Waals surface area contributed by atoms with Gasteiger partial charge in [0.25, 0.3) is 0 Å². The molecule has 372 valence electrons. The molecule has 0 aliphatic rings. The van der Waals surface area contributed by atoms with Crippen molar-refractivity contribution in [3.63, 3.8) is 0 Å². The second-order valence-corrected chi connectivity index (χ2v) is 18.5. The molecule has 64 heavy (non-hydrogen) atoms. The van der Waals surface area contributed by atoms with Crippen LogP contribution in [0.15, 0.2) is 60.8 Å². The van der Waals surface area contributed by atoms with Crippen LogP contribution in [0.5, 0.6) is 0 Å². The monoisotopic (exact) mass is 895 g/mol. The predicted molar refractivity (Wildman–Crippen MR) is 279 cm³/mol. The smallest absolute Gasteiger partial charge is 0.306 e. The number of hydrogen-bond acceptors (Lipinski definition) is 5. The van der Waals surface area contributed by atoms with Gasteiger partial charge < -0.3 is 14.2 Å². The Hall–Kier alpha value is -2.40. The van der Waals surface area contributed by atoms with Gasteiger partial charge in [0.15, 0.2) is 6.10 Å². The zero-order chi connectivity index (χ0) is 46.3. The summed E-state index contributed by atoms with van der Waals surface area (Å²) in [5.74, 6) is -0.402. The molecule has 0 fully saturated rings. The third-order valence-corrected chi connectivity index (χ3v) is 12.0. The highest BCUT2D eigenvalue weighted by Gasteiger charge is 2.17. The van der Waals surface area contributed by atoms with Crippen molar-refractivity contribution in [1.29, 1.82) is 0 Å². The summed E-state index contributed by atoms with van der Waals surface area (Å²) in [6.45, 7) is 7.71. The van der Waals surface area contributed by atoms with Crippen molar-refractivity contribution in [2.24, 2.45) is 0 Å². The maximum Gasteiger partial charge on any atom is 0.306 e. The van der Waals surface area contributed by atoms with Crippen molar-refractivity contribution in [3.8, 4) is 0 Å². The topological polar surface area (TPSA) is 61.8 Å². The van der Waals surface area contributed by atoms with Crippen LogP contribution in [0, 0.1) is 0 Å². The Morgan fingerprint density at radius 1 is 0.359 bits per heavy atom. The number of carbonyl (C=O) groups is 2. The van der Waals surface area contributed by atoms with E-state index in [2.05, 4.69) is 81.5 Å². The lowest BCUT2D eigenvalue weighted by Gasteiger charge is -2.18. The molecule has 0 aromatic heterocycles. The molecular weight excluding hydrogens is 789 g/mol. The van der Waals surface area contributed by atoms with Crippen LogP contribution >= 0.6 is 0 Å². The Balaban J connectivity index is 4.26. The Labute approximate surface area is 398 Å². The van der Waals surface area contributed by atoms with Gasteiger partial charge in [-0.15, -0.1) is 0 Å². The average molecular weight is 895 g/mol. The van der Waals surface area contributed by atoms with Gasteiger partial charge in [-0.2, -0.15) is 0 Å². The number of esters is 2. The first-order chi connectivity index (χ1) is 31.6. The Morgan fingerprint density at radius 3 is 1.14 bits per heavy atom. The standard InChI is InChI=1S/C59H106O5/c1-4-7-10-13-16-19-22-25-27-28-29-30-31-33-36-39-42-45-48-51-54-62-55-57(64-59(61)53-50-47-44-41-38-34-24-21-18-15-12-9-6-3)56-63-58(60)52-49-46-43-40-37-35-32-26-23-20-17-14-11-8-5-2/h7,10,16,19,25-27,29-30,32,57H,4-6,8-9,11-15,17-18,20-24,28,31,33-56H2,1-3H3/b10-7-,19-16-,27-25-,30-29-,32-26-. The van der Waals surface area contributed by atoms with E-state index in [1.165, 1.54) is 167 Å². The molecule has 0 spiro atoms. The molecular formula is C59H106O5. The fourth-order valence-corrected chi connectivity index (χ4v) is 7.91. The average Bonchev–Trinajstić information content (AvgIpc) is 3.30. The molecule has 0 aliphatic carbocycles. The van der Waals surface area contributed by atoms with E-state index in [4.69, 9.17) is 14.2 Å². The van der Waals surface area contributed by atoms with E-state index < -0.39 is 6.10 Å². The molecule has 0 heterocycles. The van der Waals surface area contributed by atoms with Gasteiger partial charge in [0.1, 0.15) is 6.61 Å². The molecule has 0 saturated heterocycles. The van der Waals surface area contributed by atoms with E-state index in [9.17, 15) is 9.59 Å². The van der Waals surface area contributed by atoms with E-state index in [1.807, 2.05) is 0 Å². The highest BCUT2D eigenvalue weighted by molar-refractivity contribution is 5.70. The molecule has 0 aromatic carbocycles. The van der Waals surface area contributed by atoms with Gasteiger partial charge in [0, 0.05) is 19.4 Å². The normalized spacial score (nSPS) is 12.6. The molecule has 1 atom stereocenters. The van der Waals surface area contributed by atoms with Crippen LogP contribution in [-0.4, -0.2) is 37.9 Å². The lowest BCUT2D eigenvalue weighted by Crippen LogP contribution is -2.30. The predicted octanol–water partition coefficient (Wildman–Crippen LogP) is 18.9. The molecule has 0 bridgehead atoms. The Bertz CT molecular complexity index is 1100. The number of allylic oxidation sites excluding steroid dienone is 10. The first-order valence-corrected chi connectivity index (χ1v) is 27.8. The SMILES string of the molecule is CC/C=C\C/C=C\C/C=C\C/C=C\CCCCCCCCCOCC(COC(=O)CCCCCCC/C=C\CCCCCCCC)OC(=O)CCCCCCCCCCCCCCC. The molecule has 0 radical (unpaired) electrons. The lowest BCUT2D eigenvalue weighted by molar-refractivity contribution is -0.163. The minimum absolute atomic E-state index is 0.0785. The summed E-state index contributed by atoms with van der Waals surface area (Å²) in [6, 6.07) is 0. The van der Waals surface area contributed by atoms with Crippen LogP contribution in [0.2, 0.25) is 0 Å². The van der Waals surface area contributed by atoms with Gasteiger partial charge in [-0.1, -0.05) is 242 Å². The van der Waals surface area contributed by atoms with Crippen LogP contribution in [0.25, 0.3) is 0 Å². The molecule has 0 amide bonds. The highest BCUT2D eigenvalue weighted by atomic mass is 16.6. The van der Waals surface area contributed by atoms with Gasteiger partial charge in [-0.3, -0.25) is 9.59 Å². The van der Waals surface area contributed by atoms with Gasteiger partial charge in [-0.05, 0) is 83.5 Å². The summed E-state index contributed by atoms with van der Waals surface area (Å²) < 4.78 is 17.4. The van der Waals surface area contributed by atoms with E-state index in [0.717, 1.165) is 77.0 Å². The summed E-state index contributed by atoms with van der Waals surface area (Å²) in [4.78, 5) is 25.4. The van der Waals surface area contributed by atoms with Gasteiger partial charge in [0.05, 0.1) is 6.61 Å². The first kappa shape index (κ1) is 61.6. The highest BCUT2D eigenvalue weighted by Crippen LogP contribution is 2.15. The van der Waals surface area contributed by atoms with E-state index in [-0.39, 0.29) is 25.2 Å². The Kier molecular flexibility index (Phi) is 52.9. The molecule has 0 rings (SSSR count). The van der Waals surface area contributed by atoms with Crippen molar-refractivity contribution >= 4 is 11.9 Å². The fourth-order valence-electron chi connectivity index (χ4n) is 7.91. The third-order valence-electron chi connectivity index (χ3n) is 12.0. The van der Waals surface area contributed by atoms with Crippen LogP contribution < -0.4 is 0 Å². The zero-order valence-electron chi connectivity index (χ0n) is 42.8. The van der Waals surface area contributed by atoms with Crippen molar-refractivity contribution in [1.82, 2.24) is 0 Å². The number of rotatable bonds is 51. The molecule has 5 heteroatoms. The van der Waals surface area contributed by atoms with E-state index in [0.29, 0.717) is 19.4 Å². The number of carbonyl (C=O) groups excluding carboxylic acids is 2. The molecule has 5 nitrogen and oxygen atoms in total. The van der Waals surface area contributed by atoms with Crippen LogP contribution in [0.4, 0.5) is 0 Å². The molecule has 1 unspecified atom stereocenters. The second kappa shape index (κ2) is 54.9. The largest absolute Gasteiger partial charge is 0.462 e. The number of unbranched alkanes of at least 4 members (excludes halogenated alkanes) is 30. The summed E-state index contributed by atoms with van der Waals surface area (Å²) >= 11 is 0. The number of ether oxygens (including phenoxy) is 3. The van der Waals surface area contributed by atoms with Crippen molar-refractivity contribution in [3.05, 3.63) is 60.8 Å². The summed E-state index contributed by atoms with van der Waals surface area (Å²) in [6.07, 6.45) is 69.5. The zero-order valence-corrected chi connectivity index (χ0v) is 42.8. The fraction of sp³-hybridized carbons (Fsp3) is 0.797. The summed E-state index contributed by atoms with van der Waals surface area (Å²) in [5, 5.41) is 0. The van der Waals surface area contributed by atoms with Gasteiger partial charge in [-0.25, -0.2) is 0 Å². The van der Waals surface area contributed by atoms with Crippen LogP contribution in [0.1, 0.15) is 278 Å². The molecule has 0 N–H and O–H groups in total. The second-order valence-electron chi connectivity index (χ2n) is 18.5. The molecule has 0 aliphatic heterocycles. The number of hydrogen-bond donors (Lipinski definition) is 0. The Morgan fingerprint density at radius 2 is 0.703 bits per heavy atom. The van der Waals surface area contributed by atoms with E-state index >= 15 is 0 Å². The quantitative estimate of drug-likeness (QED) is 0.0346. The minimum Gasteiger partial charge on any atom is -0.462 e. The van der Waals surface area contributed by atoms with Gasteiger partial charge >= 0.3 is 11.9 Å². The minimum atomic E-state index is -0.544. The van der Waals surface area contributed by atoms with Crippen LogP contribution in [-0.2, 0) is 23.8 Å². The lowest BCUT2D eigenvalue weighted by atomic mass is 10.0. The summed E-state index contributed by atoms with van der Waals surface area (Å²) in [5.41, 5.74) is 0. The molecule has 0 aromatic rings. The van der Waals surface area contributed by atoms with Crippen molar-refractivity contribution in [2.75, 3.05) is 19.8 Å². The van der Waals surface area contributed by atoms with Crippen molar-refractivity contribution < 1.29 is 23.8 Å². The first-order valence-electron chi connectivity index (χ1n) is 27.8. The van der Waals surface area contributed by atoms with Gasteiger partial charge in [0.2, 0.25) is 0 Å². The van der Waals surface area contributed by atoms with Crippen molar-refractivity contribution in [2.45, 2.75) is 284 Å². The third kappa shape index (κ3) is 52.2.